The van der Waals surface area contributed by atoms with Crippen molar-refractivity contribution < 1.29 is 9.84 Å². The minimum absolute atomic E-state index is 0.216. The van der Waals surface area contributed by atoms with Gasteiger partial charge in [-0.25, -0.2) is 0 Å². The van der Waals surface area contributed by atoms with Crippen LogP contribution in [0.15, 0.2) is 30.3 Å². The second kappa shape index (κ2) is 4.24. The molecule has 0 aliphatic heterocycles. The molecule has 0 bridgehead atoms. The SMILES string of the molecule is CO[C@H](c1ccccc1)[C@@H](C)O. The molecule has 66 valence electrons. The number of hydrogen-bond acceptors (Lipinski definition) is 2. The van der Waals surface area contributed by atoms with Crippen molar-refractivity contribution in [3.63, 3.8) is 0 Å². The van der Waals surface area contributed by atoms with Crippen LogP contribution in [0.5, 0.6) is 0 Å². The lowest BCUT2D eigenvalue weighted by Crippen LogP contribution is -2.16. The largest absolute Gasteiger partial charge is 0.390 e. The molecule has 0 aliphatic rings. The number of aliphatic hydroxyl groups excluding tert-OH is 1. The van der Waals surface area contributed by atoms with Crippen molar-refractivity contribution in [2.24, 2.45) is 0 Å². The second-order valence-electron chi connectivity index (χ2n) is 2.81. The van der Waals surface area contributed by atoms with E-state index in [-0.39, 0.29) is 6.10 Å². The van der Waals surface area contributed by atoms with Gasteiger partial charge in [0.25, 0.3) is 0 Å². The molecule has 0 fully saturated rings. The maximum atomic E-state index is 9.34. The fourth-order valence-electron chi connectivity index (χ4n) is 1.25. The Morgan fingerprint density at radius 2 is 1.83 bits per heavy atom. The molecule has 0 amide bonds. The van der Waals surface area contributed by atoms with E-state index in [1.807, 2.05) is 30.3 Å². The summed E-state index contributed by atoms with van der Waals surface area (Å²) in [6.45, 7) is 1.72. The summed E-state index contributed by atoms with van der Waals surface area (Å²) in [5.74, 6) is 0. The van der Waals surface area contributed by atoms with Gasteiger partial charge in [0.05, 0.1) is 6.10 Å². The number of aliphatic hydroxyl groups is 1. The van der Waals surface area contributed by atoms with Crippen LogP contribution in [-0.2, 0) is 4.74 Å². The minimum Gasteiger partial charge on any atom is -0.390 e. The summed E-state index contributed by atoms with van der Waals surface area (Å²) >= 11 is 0. The molecule has 1 aromatic carbocycles. The molecule has 1 rings (SSSR count). The van der Waals surface area contributed by atoms with Crippen molar-refractivity contribution in [3.8, 4) is 0 Å². The normalized spacial score (nSPS) is 15.6. The topological polar surface area (TPSA) is 29.5 Å². The highest BCUT2D eigenvalue weighted by Gasteiger charge is 2.15. The van der Waals surface area contributed by atoms with Crippen LogP contribution in [0.3, 0.4) is 0 Å². The van der Waals surface area contributed by atoms with Crippen molar-refractivity contribution in [1.82, 2.24) is 0 Å². The van der Waals surface area contributed by atoms with E-state index >= 15 is 0 Å². The first-order valence-electron chi connectivity index (χ1n) is 4.01. The van der Waals surface area contributed by atoms with Gasteiger partial charge < -0.3 is 9.84 Å². The Morgan fingerprint density at radius 1 is 1.25 bits per heavy atom. The first-order chi connectivity index (χ1) is 5.75. The van der Waals surface area contributed by atoms with Gasteiger partial charge in [-0.1, -0.05) is 30.3 Å². The molecular formula is C10H14O2. The van der Waals surface area contributed by atoms with E-state index in [2.05, 4.69) is 0 Å². The quantitative estimate of drug-likeness (QED) is 0.741. The molecule has 2 atom stereocenters. The summed E-state index contributed by atoms with van der Waals surface area (Å²) in [7, 11) is 1.60. The summed E-state index contributed by atoms with van der Waals surface area (Å²) in [4.78, 5) is 0. The van der Waals surface area contributed by atoms with Crippen LogP contribution in [0.25, 0.3) is 0 Å². The predicted molar refractivity (Wildman–Crippen MR) is 47.9 cm³/mol. The monoisotopic (exact) mass is 166 g/mol. The van der Waals surface area contributed by atoms with Gasteiger partial charge in [-0.2, -0.15) is 0 Å². The van der Waals surface area contributed by atoms with Crippen LogP contribution in [0.2, 0.25) is 0 Å². The summed E-state index contributed by atoms with van der Waals surface area (Å²) in [6.07, 6.45) is -0.691. The van der Waals surface area contributed by atoms with Gasteiger partial charge >= 0.3 is 0 Å². The molecule has 0 spiro atoms. The number of rotatable bonds is 3. The third kappa shape index (κ3) is 2.06. The third-order valence-corrected chi connectivity index (χ3v) is 1.82. The lowest BCUT2D eigenvalue weighted by atomic mass is 10.1. The summed E-state index contributed by atoms with van der Waals surface area (Å²) in [5.41, 5.74) is 1.01. The highest BCUT2D eigenvalue weighted by atomic mass is 16.5. The molecule has 12 heavy (non-hydrogen) atoms. The van der Waals surface area contributed by atoms with Crippen molar-refractivity contribution in [3.05, 3.63) is 35.9 Å². The maximum absolute atomic E-state index is 9.34. The van der Waals surface area contributed by atoms with Gasteiger partial charge in [-0.3, -0.25) is 0 Å². The number of benzene rings is 1. The Morgan fingerprint density at radius 3 is 2.25 bits per heavy atom. The van der Waals surface area contributed by atoms with Gasteiger partial charge in [0.15, 0.2) is 0 Å². The predicted octanol–water partition coefficient (Wildman–Crippen LogP) is 1.75. The molecule has 2 heteroatoms. The minimum atomic E-state index is -0.475. The van der Waals surface area contributed by atoms with Crippen molar-refractivity contribution in [2.45, 2.75) is 19.1 Å². The van der Waals surface area contributed by atoms with Gasteiger partial charge in [0, 0.05) is 7.11 Å². The Labute approximate surface area is 72.8 Å². The number of hydrogen-bond donors (Lipinski definition) is 1. The van der Waals surface area contributed by atoms with E-state index in [4.69, 9.17) is 4.74 Å². The zero-order valence-electron chi connectivity index (χ0n) is 7.40. The third-order valence-electron chi connectivity index (χ3n) is 1.82. The Balaban J connectivity index is 2.80. The van der Waals surface area contributed by atoms with Crippen molar-refractivity contribution in [1.29, 1.82) is 0 Å². The fraction of sp³-hybridized carbons (Fsp3) is 0.400. The first-order valence-corrected chi connectivity index (χ1v) is 4.01. The van der Waals surface area contributed by atoms with Crippen molar-refractivity contribution in [2.75, 3.05) is 7.11 Å². The van der Waals surface area contributed by atoms with Gasteiger partial charge in [0.2, 0.25) is 0 Å². The highest BCUT2D eigenvalue weighted by Crippen LogP contribution is 2.19. The molecule has 0 aliphatic carbocycles. The van der Waals surface area contributed by atoms with Crippen LogP contribution in [0.4, 0.5) is 0 Å². The van der Waals surface area contributed by atoms with Crippen LogP contribution in [-0.4, -0.2) is 18.3 Å². The average molecular weight is 166 g/mol. The summed E-state index contributed by atoms with van der Waals surface area (Å²) < 4.78 is 5.15. The standard InChI is InChI=1S/C10H14O2/c1-8(11)10(12-2)9-6-4-3-5-7-9/h3-8,10-11H,1-2H3/t8-,10+/m1/s1. The lowest BCUT2D eigenvalue weighted by Gasteiger charge is -2.18. The smallest absolute Gasteiger partial charge is 0.108 e. The van der Waals surface area contributed by atoms with Crippen LogP contribution in [0.1, 0.15) is 18.6 Å². The maximum Gasteiger partial charge on any atom is 0.108 e. The van der Waals surface area contributed by atoms with E-state index in [9.17, 15) is 5.11 Å². The average Bonchev–Trinajstić information content (AvgIpc) is 2.07. The zero-order valence-corrected chi connectivity index (χ0v) is 7.40. The summed E-state index contributed by atoms with van der Waals surface area (Å²) in [6, 6.07) is 9.70. The van der Waals surface area contributed by atoms with Gasteiger partial charge in [0.1, 0.15) is 6.10 Å². The summed E-state index contributed by atoms with van der Waals surface area (Å²) in [5, 5.41) is 9.34. The Hall–Kier alpha value is -0.860. The van der Waals surface area contributed by atoms with E-state index in [1.165, 1.54) is 0 Å². The molecule has 0 unspecified atom stereocenters. The molecule has 0 saturated carbocycles. The zero-order chi connectivity index (χ0) is 8.97. The second-order valence-corrected chi connectivity index (χ2v) is 2.81. The van der Waals surface area contributed by atoms with E-state index in [1.54, 1.807) is 14.0 Å². The van der Waals surface area contributed by atoms with Crippen LogP contribution < -0.4 is 0 Å². The first kappa shape index (κ1) is 9.23. The Bertz CT molecular complexity index is 219. The molecular weight excluding hydrogens is 152 g/mol. The van der Waals surface area contributed by atoms with E-state index < -0.39 is 6.10 Å². The molecule has 1 aromatic rings. The van der Waals surface area contributed by atoms with Crippen LogP contribution >= 0.6 is 0 Å². The highest BCUT2D eigenvalue weighted by molar-refractivity contribution is 5.18. The Kier molecular flexibility index (Phi) is 3.26. The van der Waals surface area contributed by atoms with Crippen LogP contribution in [0, 0.1) is 0 Å². The molecule has 2 nitrogen and oxygen atoms in total. The molecule has 0 radical (unpaired) electrons. The molecule has 0 saturated heterocycles. The lowest BCUT2D eigenvalue weighted by molar-refractivity contribution is -0.00347. The van der Waals surface area contributed by atoms with Gasteiger partial charge in [-0.15, -0.1) is 0 Å². The number of ether oxygens (including phenoxy) is 1. The van der Waals surface area contributed by atoms with E-state index in [0.717, 1.165) is 5.56 Å². The fourth-order valence-corrected chi connectivity index (χ4v) is 1.25. The number of methoxy groups -OCH3 is 1. The van der Waals surface area contributed by atoms with Crippen molar-refractivity contribution >= 4 is 0 Å². The van der Waals surface area contributed by atoms with E-state index in [0.29, 0.717) is 0 Å². The molecule has 0 heterocycles. The molecule has 0 aromatic heterocycles. The molecule has 1 N–H and O–H groups in total. The van der Waals surface area contributed by atoms with Gasteiger partial charge in [-0.05, 0) is 12.5 Å².